The molecule has 1 heterocycles. The molecule has 1 aromatic carbocycles. The standard InChI is InChI=1S/C12H11FN4OS/c13-8-2-1-3-9(15-7-4-5-7)11(8)16-12(18)10-6-14-17-19-10/h1-3,6-7,15H,4-5H2,(H,16,18). The summed E-state index contributed by atoms with van der Waals surface area (Å²) in [6, 6.07) is 5.06. The number of hydrogen-bond acceptors (Lipinski definition) is 5. The molecular weight excluding hydrogens is 267 g/mol. The molecule has 0 bridgehead atoms. The summed E-state index contributed by atoms with van der Waals surface area (Å²) in [4.78, 5) is 12.3. The fourth-order valence-electron chi connectivity index (χ4n) is 1.66. The predicted molar refractivity (Wildman–Crippen MR) is 70.9 cm³/mol. The average Bonchev–Trinajstić information content (AvgIpc) is 3.04. The third kappa shape index (κ3) is 2.70. The van der Waals surface area contributed by atoms with E-state index in [1.165, 1.54) is 12.3 Å². The summed E-state index contributed by atoms with van der Waals surface area (Å²) >= 11 is 0.972. The van der Waals surface area contributed by atoms with Crippen LogP contribution >= 0.6 is 11.5 Å². The summed E-state index contributed by atoms with van der Waals surface area (Å²) in [7, 11) is 0. The molecule has 19 heavy (non-hydrogen) atoms. The molecule has 0 saturated heterocycles. The van der Waals surface area contributed by atoms with Crippen molar-refractivity contribution in [3.05, 3.63) is 35.1 Å². The molecule has 0 unspecified atom stereocenters. The Bertz CT molecular complexity index is 598. The number of carbonyl (C=O) groups excluding carboxylic acids is 1. The van der Waals surface area contributed by atoms with Gasteiger partial charge in [-0.25, -0.2) is 4.39 Å². The first-order valence-electron chi connectivity index (χ1n) is 5.88. The van der Waals surface area contributed by atoms with E-state index in [0.29, 0.717) is 16.6 Å². The van der Waals surface area contributed by atoms with Gasteiger partial charge in [0.15, 0.2) is 0 Å². The number of rotatable bonds is 4. The van der Waals surface area contributed by atoms with Crippen molar-refractivity contribution in [3.8, 4) is 0 Å². The molecule has 0 atom stereocenters. The van der Waals surface area contributed by atoms with E-state index < -0.39 is 11.7 Å². The van der Waals surface area contributed by atoms with E-state index >= 15 is 0 Å². The molecule has 1 aromatic heterocycles. The van der Waals surface area contributed by atoms with Gasteiger partial charge in [0, 0.05) is 6.04 Å². The lowest BCUT2D eigenvalue weighted by Crippen LogP contribution is -2.14. The van der Waals surface area contributed by atoms with E-state index in [1.54, 1.807) is 12.1 Å². The van der Waals surface area contributed by atoms with Crippen LogP contribution in [0.25, 0.3) is 0 Å². The molecule has 7 heteroatoms. The first-order valence-corrected chi connectivity index (χ1v) is 6.65. The summed E-state index contributed by atoms with van der Waals surface area (Å²) in [6.45, 7) is 0. The summed E-state index contributed by atoms with van der Waals surface area (Å²) < 4.78 is 17.4. The first-order chi connectivity index (χ1) is 9.24. The Labute approximate surface area is 113 Å². The number of benzene rings is 1. The van der Waals surface area contributed by atoms with Gasteiger partial charge in [0.2, 0.25) is 0 Å². The first kappa shape index (κ1) is 12.0. The summed E-state index contributed by atoms with van der Waals surface area (Å²) in [6.07, 6.45) is 3.50. The van der Waals surface area contributed by atoms with Gasteiger partial charge in [0.25, 0.3) is 5.91 Å². The maximum absolute atomic E-state index is 13.8. The number of halogens is 1. The highest BCUT2D eigenvalue weighted by atomic mass is 32.1. The minimum Gasteiger partial charge on any atom is -0.381 e. The molecule has 0 spiro atoms. The highest BCUT2D eigenvalue weighted by Crippen LogP contribution is 2.31. The molecule has 1 aliphatic carbocycles. The highest BCUT2D eigenvalue weighted by Gasteiger charge is 2.23. The van der Waals surface area contributed by atoms with Crippen molar-refractivity contribution < 1.29 is 9.18 Å². The quantitative estimate of drug-likeness (QED) is 0.901. The molecule has 1 saturated carbocycles. The zero-order chi connectivity index (χ0) is 13.2. The summed E-state index contributed by atoms with van der Waals surface area (Å²) in [5, 5.41) is 9.35. The van der Waals surface area contributed by atoms with E-state index in [0.717, 1.165) is 24.4 Å². The van der Waals surface area contributed by atoms with Gasteiger partial charge >= 0.3 is 0 Å². The molecule has 3 rings (SSSR count). The van der Waals surface area contributed by atoms with Crippen molar-refractivity contribution in [3.63, 3.8) is 0 Å². The number of amides is 1. The predicted octanol–water partition coefficient (Wildman–Crippen LogP) is 2.50. The molecule has 1 fully saturated rings. The van der Waals surface area contributed by atoms with Crippen molar-refractivity contribution in [2.24, 2.45) is 0 Å². The molecule has 0 aliphatic heterocycles. The van der Waals surface area contributed by atoms with E-state index in [9.17, 15) is 9.18 Å². The molecule has 2 aromatic rings. The lowest BCUT2D eigenvalue weighted by molar-refractivity contribution is 0.103. The summed E-state index contributed by atoms with van der Waals surface area (Å²) in [5.41, 5.74) is 0.779. The second-order valence-corrected chi connectivity index (χ2v) is 5.10. The second kappa shape index (κ2) is 4.93. The Morgan fingerprint density at radius 3 is 2.95 bits per heavy atom. The maximum Gasteiger partial charge on any atom is 0.269 e. The van der Waals surface area contributed by atoms with Crippen molar-refractivity contribution in [1.82, 2.24) is 9.59 Å². The van der Waals surface area contributed by atoms with Crippen LogP contribution in [-0.2, 0) is 0 Å². The summed E-state index contributed by atoms with van der Waals surface area (Å²) in [5.74, 6) is -0.865. The van der Waals surface area contributed by atoms with Gasteiger partial charge in [-0.1, -0.05) is 10.6 Å². The van der Waals surface area contributed by atoms with Crippen LogP contribution in [0.15, 0.2) is 24.4 Å². The topological polar surface area (TPSA) is 66.9 Å². The van der Waals surface area contributed by atoms with Gasteiger partial charge < -0.3 is 10.6 Å². The SMILES string of the molecule is O=C(Nc1c(F)cccc1NC1CC1)c1cnns1. The molecule has 2 N–H and O–H groups in total. The van der Waals surface area contributed by atoms with E-state index in [2.05, 4.69) is 20.2 Å². The molecule has 98 valence electrons. The molecule has 5 nitrogen and oxygen atoms in total. The lowest BCUT2D eigenvalue weighted by atomic mass is 10.2. The number of para-hydroxylation sites is 1. The van der Waals surface area contributed by atoms with Gasteiger partial charge in [-0.05, 0) is 36.5 Å². The fraction of sp³-hybridized carbons (Fsp3) is 0.250. The Balaban J connectivity index is 1.84. The number of carbonyl (C=O) groups is 1. The minimum atomic E-state index is -0.462. The minimum absolute atomic E-state index is 0.174. The number of anilines is 2. The highest BCUT2D eigenvalue weighted by molar-refractivity contribution is 7.07. The Kier molecular flexibility index (Phi) is 3.12. The van der Waals surface area contributed by atoms with Gasteiger partial charge in [-0.15, -0.1) is 5.10 Å². The van der Waals surface area contributed by atoms with Crippen molar-refractivity contribution in [1.29, 1.82) is 0 Å². The van der Waals surface area contributed by atoms with Crippen LogP contribution in [0.2, 0.25) is 0 Å². The number of aromatic nitrogens is 2. The van der Waals surface area contributed by atoms with E-state index in [4.69, 9.17) is 0 Å². The largest absolute Gasteiger partial charge is 0.381 e. The van der Waals surface area contributed by atoms with Gasteiger partial charge in [-0.2, -0.15) is 0 Å². The van der Waals surface area contributed by atoms with Gasteiger partial charge in [0.1, 0.15) is 16.4 Å². The van der Waals surface area contributed by atoms with Crippen LogP contribution in [0, 0.1) is 5.82 Å². The number of hydrogen-bond donors (Lipinski definition) is 2. The molecule has 0 radical (unpaired) electrons. The van der Waals surface area contributed by atoms with E-state index in [-0.39, 0.29) is 5.69 Å². The van der Waals surface area contributed by atoms with Crippen molar-refractivity contribution in [2.75, 3.05) is 10.6 Å². The normalized spacial score (nSPS) is 14.2. The smallest absolute Gasteiger partial charge is 0.269 e. The molecule has 1 amide bonds. The number of nitrogens with one attached hydrogen (secondary N) is 2. The zero-order valence-electron chi connectivity index (χ0n) is 9.89. The Morgan fingerprint density at radius 1 is 1.42 bits per heavy atom. The second-order valence-electron chi connectivity index (χ2n) is 4.32. The van der Waals surface area contributed by atoms with Crippen LogP contribution in [-0.4, -0.2) is 21.5 Å². The van der Waals surface area contributed by atoms with Crippen molar-refractivity contribution >= 4 is 28.8 Å². The van der Waals surface area contributed by atoms with Gasteiger partial charge in [-0.3, -0.25) is 4.79 Å². The third-order valence-corrected chi connectivity index (χ3v) is 3.44. The molecule has 1 aliphatic rings. The van der Waals surface area contributed by atoms with E-state index in [1.807, 2.05) is 0 Å². The van der Waals surface area contributed by atoms with Crippen LogP contribution in [0.5, 0.6) is 0 Å². The zero-order valence-corrected chi connectivity index (χ0v) is 10.7. The third-order valence-electron chi connectivity index (χ3n) is 2.77. The maximum atomic E-state index is 13.8. The lowest BCUT2D eigenvalue weighted by Gasteiger charge is -2.12. The van der Waals surface area contributed by atoms with Crippen LogP contribution < -0.4 is 10.6 Å². The fourth-order valence-corrected chi connectivity index (χ4v) is 2.07. The van der Waals surface area contributed by atoms with Crippen LogP contribution in [0.3, 0.4) is 0 Å². The Hall–Kier alpha value is -2.02. The molecular formula is C12H11FN4OS. The van der Waals surface area contributed by atoms with Crippen LogP contribution in [0.4, 0.5) is 15.8 Å². The monoisotopic (exact) mass is 278 g/mol. The van der Waals surface area contributed by atoms with Crippen LogP contribution in [0.1, 0.15) is 22.5 Å². The number of nitrogens with zero attached hydrogens (tertiary/aromatic N) is 2. The van der Waals surface area contributed by atoms with Gasteiger partial charge in [0.05, 0.1) is 11.9 Å². The van der Waals surface area contributed by atoms with Crippen molar-refractivity contribution in [2.45, 2.75) is 18.9 Å². The Morgan fingerprint density at radius 2 is 2.26 bits per heavy atom. The average molecular weight is 278 g/mol.